The number of aromatic nitrogens is 2. The average molecular weight is 309 g/mol. The molecule has 0 aromatic carbocycles. The van der Waals surface area contributed by atoms with Crippen molar-refractivity contribution in [3.8, 4) is 0 Å². The van der Waals surface area contributed by atoms with Gasteiger partial charge in [0.2, 0.25) is 0 Å². The summed E-state index contributed by atoms with van der Waals surface area (Å²) >= 11 is 0. The third-order valence-corrected chi connectivity index (χ3v) is 3.36. The highest BCUT2D eigenvalue weighted by molar-refractivity contribution is 6.14. The summed E-state index contributed by atoms with van der Waals surface area (Å²) in [5, 5.41) is 9.96. The van der Waals surface area contributed by atoms with E-state index in [-0.39, 0.29) is 6.42 Å². The van der Waals surface area contributed by atoms with Gasteiger partial charge in [0.15, 0.2) is 13.5 Å². The third kappa shape index (κ3) is 3.29. The number of nitrogens with one attached hydrogen (secondary N) is 1. The van der Waals surface area contributed by atoms with Gasteiger partial charge in [-0.05, 0) is 19.8 Å². The number of rotatable bonds is 4. The molecule has 3 unspecified atom stereocenters. The van der Waals surface area contributed by atoms with E-state index in [2.05, 4.69) is 9.72 Å². The number of hydrogen-bond donors (Lipinski definition) is 3. The molecule has 0 saturated carbocycles. The first-order chi connectivity index (χ1) is 10.2. The van der Waals surface area contributed by atoms with Crippen molar-refractivity contribution < 1.29 is 19.4 Å². The van der Waals surface area contributed by atoms with Crippen LogP contribution in [0.4, 0.5) is 0 Å². The Labute approximate surface area is 126 Å². The zero-order valence-electron chi connectivity index (χ0n) is 11.9. The Morgan fingerprint density at radius 2 is 2.32 bits per heavy atom. The van der Waals surface area contributed by atoms with E-state index in [1.165, 1.54) is 10.8 Å². The molecular formula is C12H16BN3O6. The first-order valence-corrected chi connectivity index (χ1v) is 6.65. The SMILES string of the molecule is [B]C(O)(OC(=O)CN)C1CCC(n2cc(C)c(=O)[nH]c2=O)O1. The van der Waals surface area contributed by atoms with Crippen molar-refractivity contribution >= 4 is 13.8 Å². The van der Waals surface area contributed by atoms with E-state index in [1.807, 2.05) is 0 Å². The summed E-state index contributed by atoms with van der Waals surface area (Å²) in [7, 11) is 5.52. The number of nitrogens with two attached hydrogens (primary N) is 1. The highest BCUT2D eigenvalue weighted by Gasteiger charge is 2.42. The van der Waals surface area contributed by atoms with E-state index in [1.54, 1.807) is 6.92 Å². The second kappa shape index (κ2) is 6.07. The molecule has 4 N–H and O–H groups in total. The number of carbonyl (C=O) groups is 1. The van der Waals surface area contributed by atoms with Crippen LogP contribution in [0.25, 0.3) is 0 Å². The van der Waals surface area contributed by atoms with Crippen molar-refractivity contribution in [2.24, 2.45) is 5.73 Å². The van der Waals surface area contributed by atoms with Crippen LogP contribution in [0.2, 0.25) is 0 Å². The molecule has 1 aliphatic heterocycles. The van der Waals surface area contributed by atoms with Gasteiger partial charge in [0.05, 0.1) is 6.54 Å². The van der Waals surface area contributed by atoms with E-state index in [9.17, 15) is 19.5 Å². The minimum Gasteiger partial charge on any atom is -0.440 e. The molecule has 2 radical (unpaired) electrons. The number of ether oxygens (including phenoxy) is 2. The number of hydrogen-bond acceptors (Lipinski definition) is 7. The fourth-order valence-electron chi connectivity index (χ4n) is 2.22. The van der Waals surface area contributed by atoms with Crippen molar-refractivity contribution in [1.29, 1.82) is 0 Å². The molecule has 10 heteroatoms. The summed E-state index contributed by atoms with van der Waals surface area (Å²) in [5.41, 5.74) is 1.96. The van der Waals surface area contributed by atoms with Crippen LogP contribution in [-0.4, -0.2) is 46.8 Å². The Balaban J connectivity index is 2.16. The van der Waals surface area contributed by atoms with Crippen LogP contribution in [0.15, 0.2) is 15.8 Å². The third-order valence-electron chi connectivity index (χ3n) is 3.36. The largest absolute Gasteiger partial charge is 0.440 e. The van der Waals surface area contributed by atoms with E-state index in [4.69, 9.17) is 18.3 Å². The lowest BCUT2D eigenvalue weighted by atomic mass is 9.87. The highest BCUT2D eigenvalue weighted by Crippen LogP contribution is 2.32. The maximum absolute atomic E-state index is 11.8. The monoisotopic (exact) mass is 309 g/mol. The molecule has 0 amide bonds. The average Bonchev–Trinajstić information content (AvgIpc) is 2.92. The van der Waals surface area contributed by atoms with Crippen LogP contribution in [0, 0.1) is 6.92 Å². The van der Waals surface area contributed by atoms with Gasteiger partial charge >= 0.3 is 11.7 Å². The molecule has 1 aromatic rings. The zero-order valence-corrected chi connectivity index (χ0v) is 11.9. The van der Waals surface area contributed by atoms with Crippen LogP contribution >= 0.6 is 0 Å². The summed E-state index contributed by atoms with van der Waals surface area (Å²) in [6.45, 7) is 1.11. The van der Waals surface area contributed by atoms with E-state index >= 15 is 0 Å². The summed E-state index contributed by atoms with van der Waals surface area (Å²) in [5.74, 6) is -0.880. The van der Waals surface area contributed by atoms with Crippen molar-refractivity contribution in [2.45, 2.75) is 37.8 Å². The standard InChI is InChI=1S/C12H16BN3O6/c1-6-5-16(11(19)15-10(6)18)8-3-2-7(21-8)12(13,20)22-9(17)4-14/h5,7-8,20H,2-4,14H2,1H3,(H,15,18,19). The molecule has 22 heavy (non-hydrogen) atoms. The lowest BCUT2D eigenvalue weighted by Gasteiger charge is -2.30. The van der Waals surface area contributed by atoms with Gasteiger partial charge in [-0.3, -0.25) is 19.1 Å². The number of nitrogens with zero attached hydrogens (tertiary/aromatic N) is 1. The first kappa shape index (κ1) is 16.5. The molecule has 1 aromatic heterocycles. The van der Waals surface area contributed by atoms with Gasteiger partial charge in [-0.1, -0.05) is 0 Å². The molecule has 1 saturated heterocycles. The lowest BCUT2D eigenvalue weighted by Crippen LogP contribution is -2.48. The van der Waals surface area contributed by atoms with Crippen LogP contribution < -0.4 is 17.0 Å². The Hall–Kier alpha value is -1.91. The van der Waals surface area contributed by atoms with Crippen LogP contribution in [0.3, 0.4) is 0 Å². The molecule has 0 bridgehead atoms. The van der Waals surface area contributed by atoms with Crippen LogP contribution in [-0.2, 0) is 14.3 Å². The maximum atomic E-state index is 11.8. The molecule has 2 heterocycles. The topological polar surface area (TPSA) is 137 Å². The number of aromatic amines is 1. The zero-order chi connectivity index (χ0) is 16.5. The smallest absolute Gasteiger partial charge is 0.330 e. The molecule has 0 aliphatic carbocycles. The normalized spacial score (nSPS) is 24.0. The Morgan fingerprint density at radius 1 is 1.64 bits per heavy atom. The maximum Gasteiger partial charge on any atom is 0.330 e. The highest BCUT2D eigenvalue weighted by atomic mass is 16.7. The summed E-state index contributed by atoms with van der Waals surface area (Å²) in [6, 6.07) is 0. The van der Waals surface area contributed by atoms with Gasteiger partial charge in [0, 0.05) is 11.8 Å². The van der Waals surface area contributed by atoms with Crippen molar-refractivity contribution in [3.05, 3.63) is 32.6 Å². The molecule has 1 aliphatic rings. The van der Waals surface area contributed by atoms with Crippen molar-refractivity contribution in [2.75, 3.05) is 6.54 Å². The summed E-state index contributed by atoms with van der Waals surface area (Å²) < 4.78 is 11.3. The molecule has 9 nitrogen and oxygen atoms in total. The predicted octanol–water partition coefficient (Wildman–Crippen LogP) is -2.16. The summed E-state index contributed by atoms with van der Waals surface area (Å²) in [4.78, 5) is 36.4. The van der Waals surface area contributed by atoms with Gasteiger partial charge in [0.25, 0.3) is 5.56 Å². The van der Waals surface area contributed by atoms with E-state index in [0.29, 0.717) is 12.0 Å². The quantitative estimate of drug-likeness (QED) is 0.327. The van der Waals surface area contributed by atoms with Crippen molar-refractivity contribution in [3.63, 3.8) is 0 Å². The Morgan fingerprint density at radius 3 is 2.95 bits per heavy atom. The molecular weight excluding hydrogens is 293 g/mol. The first-order valence-electron chi connectivity index (χ1n) is 6.65. The number of H-pyrrole nitrogens is 1. The van der Waals surface area contributed by atoms with E-state index in [0.717, 1.165) is 0 Å². The second-order valence-electron chi connectivity index (χ2n) is 5.07. The molecule has 3 atom stereocenters. The van der Waals surface area contributed by atoms with Gasteiger partial charge < -0.3 is 20.3 Å². The minimum atomic E-state index is -2.34. The van der Waals surface area contributed by atoms with Crippen molar-refractivity contribution in [1.82, 2.24) is 9.55 Å². The molecule has 0 spiro atoms. The number of aryl methyl sites for hydroxylation is 1. The number of esters is 1. The summed E-state index contributed by atoms with van der Waals surface area (Å²) in [6.07, 6.45) is 0.192. The van der Waals surface area contributed by atoms with E-state index < -0.39 is 41.8 Å². The van der Waals surface area contributed by atoms with Crippen LogP contribution in [0.5, 0.6) is 0 Å². The fraction of sp³-hybridized carbons (Fsp3) is 0.583. The number of carbonyl (C=O) groups excluding carboxylic acids is 1. The Bertz CT molecular complexity index is 682. The second-order valence-corrected chi connectivity index (χ2v) is 5.07. The van der Waals surface area contributed by atoms with Gasteiger partial charge in [-0.2, -0.15) is 0 Å². The lowest BCUT2D eigenvalue weighted by molar-refractivity contribution is -0.214. The molecule has 118 valence electrons. The minimum absolute atomic E-state index is 0.250. The Kier molecular flexibility index (Phi) is 4.54. The predicted molar refractivity (Wildman–Crippen MR) is 75.1 cm³/mol. The van der Waals surface area contributed by atoms with Gasteiger partial charge in [0.1, 0.15) is 12.3 Å². The van der Waals surface area contributed by atoms with Gasteiger partial charge in [-0.25, -0.2) is 4.79 Å². The van der Waals surface area contributed by atoms with Crippen LogP contribution in [0.1, 0.15) is 24.6 Å². The van der Waals surface area contributed by atoms with Gasteiger partial charge in [-0.15, -0.1) is 0 Å². The number of aliphatic hydroxyl groups is 1. The fourth-order valence-corrected chi connectivity index (χ4v) is 2.22. The molecule has 2 rings (SSSR count). The molecule has 1 fully saturated rings.